The molecule has 0 bridgehead atoms. The predicted octanol–water partition coefficient (Wildman–Crippen LogP) is 3.62. The van der Waals surface area contributed by atoms with Gasteiger partial charge in [0.05, 0.1) is 24.2 Å². The highest BCUT2D eigenvalue weighted by Crippen LogP contribution is 2.41. The van der Waals surface area contributed by atoms with Crippen molar-refractivity contribution >= 4 is 44.0 Å². The number of hydrazone groups is 1. The fourth-order valence-electron chi connectivity index (χ4n) is 1.86. The van der Waals surface area contributed by atoms with Crippen LogP contribution in [0.25, 0.3) is 0 Å². The Morgan fingerprint density at radius 1 is 1.30 bits per heavy atom. The van der Waals surface area contributed by atoms with Gasteiger partial charge < -0.3 is 9.84 Å². The summed E-state index contributed by atoms with van der Waals surface area (Å²) < 4.78 is 6.14. The first-order valence-electron chi connectivity index (χ1n) is 6.63. The number of aromatic hydroxyl groups is 1. The molecule has 0 atom stereocenters. The number of halogens is 2. The summed E-state index contributed by atoms with van der Waals surface area (Å²) in [4.78, 5) is 11.8. The Morgan fingerprint density at radius 3 is 2.65 bits per heavy atom. The first-order chi connectivity index (χ1) is 11.0. The summed E-state index contributed by atoms with van der Waals surface area (Å²) in [6, 6.07) is 11.0. The minimum atomic E-state index is -0.214. The van der Waals surface area contributed by atoms with E-state index in [1.165, 1.54) is 13.3 Å². The molecule has 120 valence electrons. The van der Waals surface area contributed by atoms with Gasteiger partial charge in [-0.15, -0.1) is 0 Å². The molecule has 0 heterocycles. The smallest absolute Gasteiger partial charge is 0.244 e. The minimum Gasteiger partial charge on any atom is -0.503 e. The molecule has 0 fully saturated rings. The molecule has 7 heteroatoms. The molecule has 2 aromatic rings. The molecule has 0 aliphatic carbocycles. The molecule has 2 aromatic carbocycles. The van der Waals surface area contributed by atoms with Crippen molar-refractivity contribution in [2.45, 2.75) is 6.42 Å². The number of phenols is 1. The molecule has 2 N–H and O–H groups in total. The van der Waals surface area contributed by atoms with Gasteiger partial charge in [-0.2, -0.15) is 5.10 Å². The van der Waals surface area contributed by atoms with E-state index in [4.69, 9.17) is 4.74 Å². The molecule has 0 aliphatic heterocycles. The summed E-state index contributed by atoms with van der Waals surface area (Å²) in [5, 5.41) is 13.8. The van der Waals surface area contributed by atoms with Crippen molar-refractivity contribution in [3.05, 3.63) is 56.5 Å². The van der Waals surface area contributed by atoms with Crippen LogP contribution in [0.3, 0.4) is 0 Å². The number of phenolic OH excluding ortho intramolecular Hbond substituents is 1. The second-order valence-electron chi connectivity index (χ2n) is 4.60. The quantitative estimate of drug-likeness (QED) is 0.549. The zero-order valence-corrected chi connectivity index (χ0v) is 15.4. The van der Waals surface area contributed by atoms with Gasteiger partial charge in [-0.1, -0.05) is 30.3 Å². The SMILES string of the molecule is COc1cc(/C=N\NC(=O)Cc2ccccc2)c(Br)c(Br)c1O. The van der Waals surface area contributed by atoms with Crippen LogP contribution in [0.2, 0.25) is 0 Å². The van der Waals surface area contributed by atoms with Crippen molar-refractivity contribution in [3.8, 4) is 11.5 Å². The van der Waals surface area contributed by atoms with Crippen molar-refractivity contribution in [1.82, 2.24) is 5.43 Å². The van der Waals surface area contributed by atoms with Crippen LogP contribution in [0.5, 0.6) is 11.5 Å². The van der Waals surface area contributed by atoms with E-state index in [2.05, 4.69) is 42.4 Å². The van der Waals surface area contributed by atoms with Crippen LogP contribution in [0.15, 0.2) is 50.4 Å². The highest BCUT2D eigenvalue weighted by atomic mass is 79.9. The Labute approximate surface area is 150 Å². The molecule has 23 heavy (non-hydrogen) atoms. The average molecular weight is 442 g/mol. The van der Waals surface area contributed by atoms with E-state index in [9.17, 15) is 9.90 Å². The van der Waals surface area contributed by atoms with E-state index < -0.39 is 0 Å². The number of amides is 1. The molecular formula is C16H14Br2N2O3. The van der Waals surface area contributed by atoms with E-state index in [-0.39, 0.29) is 18.1 Å². The van der Waals surface area contributed by atoms with E-state index in [1.54, 1.807) is 6.07 Å². The predicted molar refractivity (Wildman–Crippen MR) is 95.9 cm³/mol. The number of methoxy groups -OCH3 is 1. The number of carbonyl (C=O) groups excluding carboxylic acids is 1. The molecule has 1 amide bonds. The third-order valence-electron chi connectivity index (χ3n) is 2.99. The van der Waals surface area contributed by atoms with Gasteiger partial charge in [0.2, 0.25) is 5.91 Å². The van der Waals surface area contributed by atoms with E-state index in [0.717, 1.165) is 5.56 Å². The zero-order valence-electron chi connectivity index (χ0n) is 12.2. The highest BCUT2D eigenvalue weighted by Gasteiger charge is 2.13. The Hall–Kier alpha value is -1.86. The summed E-state index contributed by atoms with van der Waals surface area (Å²) in [6.45, 7) is 0. The molecule has 0 unspecified atom stereocenters. The normalized spacial score (nSPS) is 10.7. The summed E-state index contributed by atoms with van der Waals surface area (Å²) in [5.41, 5.74) is 4.03. The first kappa shape index (κ1) is 17.5. The monoisotopic (exact) mass is 440 g/mol. The van der Waals surface area contributed by atoms with Crippen LogP contribution < -0.4 is 10.2 Å². The van der Waals surface area contributed by atoms with Crippen molar-refractivity contribution < 1.29 is 14.6 Å². The van der Waals surface area contributed by atoms with Crippen molar-refractivity contribution in [2.24, 2.45) is 5.10 Å². The highest BCUT2D eigenvalue weighted by molar-refractivity contribution is 9.13. The number of hydrogen-bond donors (Lipinski definition) is 2. The molecule has 0 saturated heterocycles. The van der Waals surface area contributed by atoms with Crippen LogP contribution in [0, 0.1) is 0 Å². The Kier molecular flexibility index (Phi) is 6.18. The number of hydrogen-bond acceptors (Lipinski definition) is 4. The average Bonchev–Trinajstić information content (AvgIpc) is 2.56. The van der Waals surface area contributed by atoms with E-state index in [0.29, 0.717) is 20.3 Å². The fraction of sp³-hybridized carbons (Fsp3) is 0.125. The maximum atomic E-state index is 11.8. The summed E-state index contributed by atoms with van der Waals surface area (Å²) in [6.07, 6.45) is 1.72. The van der Waals surface area contributed by atoms with Crippen LogP contribution in [-0.4, -0.2) is 24.3 Å². The van der Waals surface area contributed by atoms with E-state index >= 15 is 0 Å². The lowest BCUT2D eigenvalue weighted by Crippen LogP contribution is -2.19. The maximum absolute atomic E-state index is 11.8. The van der Waals surface area contributed by atoms with Crippen molar-refractivity contribution in [2.75, 3.05) is 7.11 Å². The maximum Gasteiger partial charge on any atom is 0.244 e. The Balaban J connectivity index is 2.06. The standard InChI is InChI=1S/C16H14Br2N2O3/c1-23-12-8-11(14(17)15(18)16(12)22)9-19-20-13(21)7-10-5-3-2-4-6-10/h2-6,8-9,22H,7H2,1H3,(H,20,21)/b19-9-. The largest absolute Gasteiger partial charge is 0.503 e. The summed E-state index contributed by atoms with van der Waals surface area (Å²) in [5.74, 6) is 0.0788. The van der Waals surface area contributed by atoms with Gasteiger partial charge in [0, 0.05) is 10.0 Å². The lowest BCUT2D eigenvalue weighted by Gasteiger charge is -2.09. The summed E-state index contributed by atoms with van der Waals surface area (Å²) >= 11 is 6.61. The van der Waals surface area contributed by atoms with Crippen LogP contribution in [0.4, 0.5) is 0 Å². The van der Waals surface area contributed by atoms with Gasteiger partial charge in [0.25, 0.3) is 0 Å². The number of rotatable bonds is 5. The van der Waals surface area contributed by atoms with Crippen molar-refractivity contribution in [3.63, 3.8) is 0 Å². The molecule has 0 radical (unpaired) electrons. The lowest BCUT2D eigenvalue weighted by atomic mass is 10.1. The fourth-order valence-corrected chi connectivity index (χ4v) is 2.68. The van der Waals surface area contributed by atoms with Gasteiger partial charge in [0.15, 0.2) is 11.5 Å². The lowest BCUT2D eigenvalue weighted by molar-refractivity contribution is -0.120. The van der Waals surface area contributed by atoms with Gasteiger partial charge >= 0.3 is 0 Å². The molecule has 0 saturated carbocycles. The second kappa shape index (κ2) is 8.12. The number of ether oxygens (including phenoxy) is 1. The summed E-state index contributed by atoms with van der Waals surface area (Å²) in [7, 11) is 1.46. The van der Waals surface area contributed by atoms with Gasteiger partial charge in [-0.05, 0) is 43.5 Å². The topological polar surface area (TPSA) is 70.9 Å². The van der Waals surface area contributed by atoms with Crippen LogP contribution in [0.1, 0.15) is 11.1 Å². The number of carbonyl (C=O) groups is 1. The molecule has 0 spiro atoms. The third kappa shape index (κ3) is 4.56. The Bertz CT molecular complexity index is 734. The van der Waals surface area contributed by atoms with Gasteiger partial charge in [-0.25, -0.2) is 5.43 Å². The van der Waals surface area contributed by atoms with Crippen LogP contribution in [-0.2, 0) is 11.2 Å². The molecule has 0 aromatic heterocycles. The molecule has 5 nitrogen and oxygen atoms in total. The van der Waals surface area contributed by atoms with Gasteiger partial charge in [-0.3, -0.25) is 4.79 Å². The Morgan fingerprint density at radius 2 is 2.00 bits per heavy atom. The second-order valence-corrected chi connectivity index (χ2v) is 6.19. The van der Waals surface area contributed by atoms with Gasteiger partial charge in [0.1, 0.15) is 0 Å². The molecular weight excluding hydrogens is 428 g/mol. The van der Waals surface area contributed by atoms with E-state index in [1.807, 2.05) is 30.3 Å². The molecule has 0 aliphatic rings. The zero-order chi connectivity index (χ0) is 16.8. The minimum absolute atomic E-state index is 0.00959. The number of benzene rings is 2. The number of nitrogens with zero attached hydrogens (tertiary/aromatic N) is 1. The van der Waals surface area contributed by atoms with Crippen LogP contribution >= 0.6 is 31.9 Å². The first-order valence-corrected chi connectivity index (χ1v) is 8.22. The van der Waals surface area contributed by atoms with Crippen molar-refractivity contribution in [1.29, 1.82) is 0 Å². The molecule has 2 rings (SSSR count). The third-order valence-corrected chi connectivity index (χ3v) is 5.15. The number of nitrogens with one attached hydrogen (secondary N) is 1.